The van der Waals surface area contributed by atoms with Crippen LogP contribution in [0.15, 0.2) is 30.3 Å². The van der Waals surface area contributed by atoms with E-state index in [1.807, 2.05) is 37.3 Å². The van der Waals surface area contributed by atoms with Crippen molar-refractivity contribution in [3.05, 3.63) is 52.0 Å². The van der Waals surface area contributed by atoms with Gasteiger partial charge >= 0.3 is 0 Å². The highest BCUT2D eigenvalue weighted by Crippen LogP contribution is 2.48. The average Bonchev–Trinajstić information content (AvgIpc) is 3.52. The van der Waals surface area contributed by atoms with Crippen LogP contribution in [0.5, 0.6) is 11.5 Å². The molecule has 0 spiro atoms. The molecule has 1 aliphatic carbocycles. The Hall–Kier alpha value is -2.20. The molecule has 0 aromatic heterocycles. The summed E-state index contributed by atoms with van der Waals surface area (Å²) in [5, 5.41) is 3.81. The molecule has 1 saturated carbocycles. The number of halogens is 1. The Morgan fingerprint density at radius 3 is 2.56 bits per heavy atom. The molecular formula is C22H26ClNO3. The second-order valence-electron chi connectivity index (χ2n) is 6.94. The van der Waals surface area contributed by atoms with Gasteiger partial charge in [-0.3, -0.25) is 4.79 Å². The molecule has 0 bridgehead atoms. The molecule has 1 fully saturated rings. The van der Waals surface area contributed by atoms with Crippen molar-refractivity contribution in [3.63, 3.8) is 0 Å². The number of amides is 1. The number of hydrogen-bond donors (Lipinski definition) is 1. The summed E-state index contributed by atoms with van der Waals surface area (Å²) in [6.07, 6.45) is 2.69. The molecule has 5 heteroatoms. The van der Waals surface area contributed by atoms with Crippen LogP contribution in [0.3, 0.4) is 0 Å². The lowest BCUT2D eigenvalue weighted by atomic mass is 9.88. The molecule has 1 atom stereocenters. The van der Waals surface area contributed by atoms with E-state index in [1.54, 1.807) is 14.2 Å². The molecule has 0 radical (unpaired) electrons. The predicted octanol–water partition coefficient (Wildman–Crippen LogP) is 5.73. The smallest absolute Gasteiger partial charge is 0.224 e. The van der Waals surface area contributed by atoms with Crippen LogP contribution in [0.25, 0.3) is 0 Å². The summed E-state index contributed by atoms with van der Waals surface area (Å²) in [6.45, 7) is 3.96. The van der Waals surface area contributed by atoms with Gasteiger partial charge in [0, 0.05) is 28.6 Å². The third-order valence-corrected chi connectivity index (χ3v) is 5.35. The number of hydrogen-bond acceptors (Lipinski definition) is 3. The Bertz CT molecular complexity index is 846. The minimum Gasteiger partial charge on any atom is -0.493 e. The van der Waals surface area contributed by atoms with Crippen molar-refractivity contribution in [2.24, 2.45) is 0 Å². The summed E-state index contributed by atoms with van der Waals surface area (Å²) in [7, 11) is 3.27. The van der Waals surface area contributed by atoms with Gasteiger partial charge in [0.05, 0.1) is 14.2 Å². The predicted molar refractivity (Wildman–Crippen MR) is 109 cm³/mol. The molecule has 1 N–H and O–H groups in total. The number of para-hydroxylation sites is 1. The number of nitrogens with one attached hydrogen (secondary N) is 1. The number of benzene rings is 2. The first-order chi connectivity index (χ1) is 13.0. The van der Waals surface area contributed by atoms with E-state index >= 15 is 0 Å². The van der Waals surface area contributed by atoms with Crippen molar-refractivity contribution in [1.29, 1.82) is 0 Å². The fourth-order valence-corrected chi connectivity index (χ4v) is 3.74. The first kappa shape index (κ1) is 19.6. The Morgan fingerprint density at radius 2 is 1.96 bits per heavy atom. The van der Waals surface area contributed by atoms with Gasteiger partial charge in [0.15, 0.2) is 11.5 Å². The average molecular weight is 388 g/mol. The number of ether oxygens (including phenoxy) is 2. The fourth-order valence-electron chi connectivity index (χ4n) is 3.50. The van der Waals surface area contributed by atoms with Crippen LogP contribution < -0.4 is 14.8 Å². The van der Waals surface area contributed by atoms with Crippen molar-refractivity contribution in [2.45, 2.75) is 44.9 Å². The standard InChI is InChI=1S/C22H26ClNO3/c1-5-20(25)24-21-17(11-15(23)12-18(21)14-9-10-14)13(2)16-7-6-8-19(26-3)22(16)27-4/h6-8,11-14H,5,9-10H2,1-4H3,(H,24,25)/t13-/m1/s1. The van der Waals surface area contributed by atoms with E-state index in [4.69, 9.17) is 21.1 Å². The number of carbonyl (C=O) groups excluding carboxylic acids is 1. The van der Waals surface area contributed by atoms with Gasteiger partial charge in [-0.25, -0.2) is 0 Å². The van der Waals surface area contributed by atoms with Crippen molar-refractivity contribution in [2.75, 3.05) is 19.5 Å². The number of rotatable bonds is 7. The lowest BCUT2D eigenvalue weighted by Gasteiger charge is -2.23. The van der Waals surface area contributed by atoms with Crippen molar-refractivity contribution in [1.82, 2.24) is 0 Å². The van der Waals surface area contributed by atoms with E-state index in [9.17, 15) is 4.79 Å². The van der Waals surface area contributed by atoms with E-state index in [-0.39, 0.29) is 11.8 Å². The SMILES string of the molecule is CCC(=O)Nc1c(C2CC2)cc(Cl)cc1[C@H](C)c1cccc(OC)c1OC. The van der Waals surface area contributed by atoms with E-state index in [1.165, 1.54) is 0 Å². The quantitative estimate of drug-likeness (QED) is 0.659. The molecule has 0 saturated heterocycles. The molecule has 27 heavy (non-hydrogen) atoms. The third-order valence-electron chi connectivity index (χ3n) is 5.13. The Labute approximate surface area is 165 Å². The Kier molecular flexibility index (Phi) is 5.95. The minimum atomic E-state index is -0.0293. The van der Waals surface area contributed by atoms with Gasteiger partial charge in [0.2, 0.25) is 5.91 Å². The van der Waals surface area contributed by atoms with Crippen molar-refractivity contribution >= 4 is 23.2 Å². The molecule has 0 heterocycles. The second-order valence-corrected chi connectivity index (χ2v) is 7.38. The molecule has 0 aliphatic heterocycles. The Balaban J connectivity index is 2.14. The maximum Gasteiger partial charge on any atom is 0.224 e. The van der Waals surface area contributed by atoms with E-state index in [0.29, 0.717) is 28.9 Å². The zero-order chi connectivity index (χ0) is 19.6. The number of anilines is 1. The molecular weight excluding hydrogens is 362 g/mol. The summed E-state index contributed by atoms with van der Waals surface area (Å²) in [5.41, 5.74) is 4.02. The molecule has 1 aliphatic rings. The summed E-state index contributed by atoms with van der Waals surface area (Å²) in [6, 6.07) is 9.78. The van der Waals surface area contributed by atoms with Crippen LogP contribution in [0.2, 0.25) is 5.02 Å². The first-order valence-corrected chi connectivity index (χ1v) is 9.72. The zero-order valence-corrected chi connectivity index (χ0v) is 17.0. The highest BCUT2D eigenvalue weighted by Gasteiger charge is 2.30. The first-order valence-electron chi connectivity index (χ1n) is 9.34. The van der Waals surface area contributed by atoms with Crippen molar-refractivity contribution < 1.29 is 14.3 Å². The van der Waals surface area contributed by atoms with E-state index in [0.717, 1.165) is 35.2 Å². The third kappa shape index (κ3) is 4.06. The van der Waals surface area contributed by atoms with Gasteiger partial charge in [-0.2, -0.15) is 0 Å². The van der Waals surface area contributed by atoms with Crippen LogP contribution in [-0.2, 0) is 4.79 Å². The maximum atomic E-state index is 12.2. The molecule has 2 aromatic rings. The molecule has 144 valence electrons. The van der Waals surface area contributed by atoms with E-state index < -0.39 is 0 Å². The monoisotopic (exact) mass is 387 g/mol. The highest BCUT2D eigenvalue weighted by molar-refractivity contribution is 6.31. The van der Waals surface area contributed by atoms with Gasteiger partial charge in [-0.05, 0) is 48.1 Å². The lowest BCUT2D eigenvalue weighted by molar-refractivity contribution is -0.115. The topological polar surface area (TPSA) is 47.6 Å². The second kappa shape index (κ2) is 8.22. The van der Waals surface area contributed by atoms with Crippen molar-refractivity contribution in [3.8, 4) is 11.5 Å². The van der Waals surface area contributed by atoms with Gasteiger partial charge < -0.3 is 14.8 Å². The normalized spacial score (nSPS) is 14.6. The molecule has 3 rings (SSSR count). The largest absolute Gasteiger partial charge is 0.493 e. The van der Waals surface area contributed by atoms with Gasteiger partial charge in [0.25, 0.3) is 0 Å². The highest BCUT2D eigenvalue weighted by atomic mass is 35.5. The van der Waals surface area contributed by atoms with Crippen LogP contribution >= 0.6 is 11.6 Å². The van der Waals surface area contributed by atoms with Gasteiger partial charge in [-0.1, -0.05) is 37.6 Å². The minimum absolute atomic E-state index is 0.00489. The summed E-state index contributed by atoms with van der Waals surface area (Å²) in [4.78, 5) is 12.2. The summed E-state index contributed by atoms with van der Waals surface area (Å²) in [5.74, 6) is 1.83. The van der Waals surface area contributed by atoms with Crippen LogP contribution in [0.4, 0.5) is 5.69 Å². The lowest BCUT2D eigenvalue weighted by Crippen LogP contribution is -2.15. The number of carbonyl (C=O) groups is 1. The number of methoxy groups -OCH3 is 2. The van der Waals surface area contributed by atoms with Crippen LogP contribution in [0, 0.1) is 0 Å². The summed E-state index contributed by atoms with van der Waals surface area (Å²) < 4.78 is 11.1. The van der Waals surface area contributed by atoms with Crippen LogP contribution in [0.1, 0.15) is 61.6 Å². The maximum absolute atomic E-state index is 12.2. The zero-order valence-electron chi connectivity index (χ0n) is 16.3. The van der Waals surface area contributed by atoms with Gasteiger partial charge in [0.1, 0.15) is 0 Å². The Morgan fingerprint density at radius 1 is 1.22 bits per heavy atom. The fraction of sp³-hybridized carbons (Fsp3) is 0.409. The van der Waals surface area contributed by atoms with Crippen LogP contribution in [-0.4, -0.2) is 20.1 Å². The van der Waals surface area contributed by atoms with Gasteiger partial charge in [-0.15, -0.1) is 0 Å². The van der Waals surface area contributed by atoms with E-state index in [2.05, 4.69) is 12.2 Å². The molecule has 4 nitrogen and oxygen atoms in total. The molecule has 0 unspecified atom stereocenters. The molecule has 1 amide bonds. The summed E-state index contributed by atoms with van der Waals surface area (Å²) >= 11 is 6.46. The molecule has 2 aromatic carbocycles.